The molecule has 10 heteroatoms. The predicted molar refractivity (Wildman–Crippen MR) is 136 cm³/mol. The van der Waals surface area contributed by atoms with Crippen LogP contribution in [0.1, 0.15) is 29.9 Å². The number of oxime groups is 1. The molecule has 176 valence electrons. The van der Waals surface area contributed by atoms with Crippen LogP contribution in [-0.2, 0) is 6.54 Å². The molecule has 35 heavy (non-hydrogen) atoms. The second kappa shape index (κ2) is 9.55. The average Bonchev–Trinajstić information content (AvgIpc) is 3.28. The van der Waals surface area contributed by atoms with E-state index in [4.69, 9.17) is 21.5 Å². The molecule has 0 bridgehead atoms. The predicted octanol–water partition coefficient (Wildman–Crippen LogP) is 5.07. The first kappa shape index (κ1) is 22.5. The first-order valence-electron chi connectivity index (χ1n) is 10.9. The highest BCUT2D eigenvalue weighted by Gasteiger charge is 2.16. The zero-order valence-electron chi connectivity index (χ0n) is 19.1. The number of nitrogens with one attached hydrogen (secondary N) is 1. The van der Waals surface area contributed by atoms with Crippen molar-refractivity contribution in [3.63, 3.8) is 0 Å². The van der Waals surface area contributed by atoms with E-state index in [1.807, 2.05) is 54.0 Å². The summed E-state index contributed by atoms with van der Waals surface area (Å²) in [5, 5.41) is 17.8. The number of halogens is 1. The van der Waals surface area contributed by atoms with Crippen molar-refractivity contribution in [3.8, 4) is 5.75 Å². The molecule has 2 N–H and O–H groups in total. The molecule has 1 atom stereocenters. The fourth-order valence-corrected chi connectivity index (χ4v) is 4.28. The average molecular weight is 488 g/mol. The number of ether oxygens (including phenoxy) is 1. The van der Waals surface area contributed by atoms with E-state index in [-0.39, 0.29) is 6.04 Å². The second-order valence-electron chi connectivity index (χ2n) is 8.00. The quantitative estimate of drug-likeness (QED) is 0.187. The van der Waals surface area contributed by atoms with Crippen LogP contribution >= 0.6 is 11.6 Å². The van der Waals surface area contributed by atoms with E-state index in [9.17, 15) is 0 Å². The molecule has 0 saturated carbocycles. The van der Waals surface area contributed by atoms with Gasteiger partial charge >= 0.3 is 0 Å². The number of aromatic nitrogens is 5. The Hall–Kier alpha value is -4.24. The lowest BCUT2D eigenvalue weighted by molar-refractivity contribution is 0.321. The Balaban J connectivity index is 1.45. The Bertz CT molecular complexity index is 1530. The number of hydrogen-bond donors (Lipinski definition) is 2. The van der Waals surface area contributed by atoms with E-state index in [2.05, 4.69) is 30.4 Å². The number of anilines is 1. The highest BCUT2D eigenvalue weighted by molar-refractivity contribution is 6.36. The van der Waals surface area contributed by atoms with Gasteiger partial charge in [-0.05, 0) is 42.1 Å². The Morgan fingerprint density at radius 1 is 1.17 bits per heavy atom. The summed E-state index contributed by atoms with van der Waals surface area (Å²) in [5.74, 6) is 1.41. The van der Waals surface area contributed by atoms with Crippen molar-refractivity contribution in [1.82, 2.24) is 24.5 Å². The standard InChI is InChI=1S/C25H22ClN7O2/c1-15(20-10-17-4-3-5-19(26)22(17)21(32-20)11-30-34)31-24-23-25(28-13-27-24)33(14-29-23)12-16-6-8-18(35-2)9-7-16/h3-11,13-15,34H,12H2,1-2H3,(H,27,28,31)/t15-/m0/s1. The molecular formula is C25H22ClN7O2. The molecule has 3 heterocycles. The molecule has 0 unspecified atom stereocenters. The van der Waals surface area contributed by atoms with Crippen molar-refractivity contribution in [2.24, 2.45) is 5.16 Å². The maximum Gasteiger partial charge on any atom is 0.165 e. The third-order valence-corrected chi connectivity index (χ3v) is 6.06. The summed E-state index contributed by atoms with van der Waals surface area (Å²) in [6.45, 7) is 2.59. The van der Waals surface area contributed by atoms with Gasteiger partial charge in [0.2, 0.25) is 0 Å². The summed E-state index contributed by atoms with van der Waals surface area (Å²) >= 11 is 6.37. The van der Waals surface area contributed by atoms with Crippen molar-refractivity contribution >= 4 is 45.6 Å². The Morgan fingerprint density at radius 2 is 2.00 bits per heavy atom. The van der Waals surface area contributed by atoms with Crippen LogP contribution in [0.2, 0.25) is 5.02 Å². The topological polar surface area (TPSA) is 110 Å². The number of benzene rings is 2. The normalized spacial score (nSPS) is 12.4. The van der Waals surface area contributed by atoms with Crippen LogP contribution in [0.15, 0.2) is 66.3 Å². The van der Waals surface area contributed by atoms with E-state index in [1.165, 1.54) is 12.5 Å². The van der Waals surface area contributed by atoms with Crippen LogP contribution in [-0.4, -0.2) is 43.0 Å². The maximum atomic E-state index is 9.12. The minimum atomic E-state index is -0.228. The Morgan fingerprint density at radius 3 is 2.77 bits per heavy atom. The van der Waals surface area contributed by atoms with Gasteiger partial charge in [-0.1, -0.05) is 41.0 Å². The van der Waals surface area contributed by atoms with Crippen molar-refractivity contribution in [2.75, 3.05) is 12.4 Å². The fraction of sp³-hybridized carbons (Fsp3) is 0.160. The summed E-state index contributed by atoms with van der Waals surface area (Å²) < 4.78 is 7.21. The Kier molecular flexibility index (Phi) is 6.15. The monoisotopic (exact) mass is 487 g/mol. The minimum absolute atomic E-state index is 0.228. The summed E-state index contributed by atoms with van der Waals surface area (Å²) in [5.41, 5.74) is 3.70. The van der Waals surface area contributed by atoms with E-state index >= 15 is 0 Å². The van der Waals surface area contributed by atoms with Crippen LogP contribution in [0.5, 0.6) is 5.75 Å². The smallest absolute Gasteiger partial charge is 0.165 e. The maximum absolute atomic E-state index is 9.12. The van der Waals surface area contributed by atoms with Crippen LogP contribution in [0.3, 0.4) is 0 Å². The van der Waals surface area contributed by atoms with Crippen LogP contribution in [0, 0.1) is 0 Å². The van der Waals surface area contributed by atoms with Gasteiger partial charge in [0.25, 0.3) is 0 Å². The molecule has 9 nitrogen and oxygen atoms in total. The second-order valence-corrected chi connectivity index (χ2v) is 8.40. The summed E-state index contributed by atoms with van der Waals surface area (Å²) in [6, 6.07) is 15.2. The number of fused-ring (bicyclic) bond motifs is 2. The summed E-state index contributed by atoms with van der Waals surface area (Å²) in [6.07, 6.45) is 4.56. The highest BCUT2D eigenvalue weighted by atomic mass is 35.5. The van der Waals surface area contributed by atoms with Gasteiger partial charge in [-0.25, -0.2) is 19.9 Å². The van der Waals surface area contributed by atoms with E-state index in [1.54, 1.807) is 19.5 Å². The zero-order valence-corrected chi connectivity index (χ0v) is 19.8. The summed E-state index contributed by atoms with van der Waals surface area (Å²) in [4.78, 5) is 18.1. The molecule has 5 aromatic rings. The van der Waals surface area contributed by atoms with Gasteiger partial charge < -0.3 is 19.8 Å². The van der Waals surface area contributed by atoms with E-state index in [0.717, 1.165) is 33.4 Å². The van der Waals surface area contributed by atoms with Gasteiger partial charge in [0, 0.05) is 5.39 Å². The van der Waals surface area contributed by atoms with Crippen LogP contribution < -0.4 is 10.1 Å². The molecule has 5 rings (SSSR count). The molecule has 0 amide bonds. The molecule has 0 saturated heterocycles. The fourth-order valence-electron chi connectivity index (χ4n) is 4.00. The van der Waals surface area contributed by atoms with Crippen molar-refractivity contribution in [2.45, 2.75) is 19.5 Å². The lowest BCUT2D eigenvalue weighted by Crippen LogP contribution is -2.12. The summed E-state index contributed by atoms with van der Waals surface area (Å²) in [7, 11) is 1.65. The van der Waals surface area contributed by atoms with Gasteiger partial charge in [-0.3, -0.25) is 0 Å². The molecule has 0 aliphatic heterocycles. The van der Waals surface area contributed by atoms with Crippen molar-refractivity contribution in [3.05, 3.63) is 83.2 Å². The first-order valence-corrected chi connectivity index (χ1v) is 11.3. The Labute approximate surface area is 206 Å². The van der Waals surface area contributed by atoms with E-state index in [0.29, 0.717) is 28.6 Å². The number of rotatable bonds is 7. The van der Waals surface area contributed by atoms with Crippen molar-refractivity contribution < 1.29 is 9.94 Å². The molecule has 0 aliphatic carbocycles. The SMILES string of the molecule is COc1ccc(Cn2cnc3c(N[C@@H](C)c4cc5cccc(Cl)c5c(C=NO)n4)ncnc32)cc1. The van der Waals surface area contributed by atoms with Crippen molar-refractivity contribution in [1.29, 1.82) is 0 Å². The first-order chi connectivity index (χ1) is 17.1. The third-order valence-electron chi connectivity index (χ3n) is 5.75. The molecule has 0 fully saturated rings. The molecule has 0 radical (unpaired) electrons. The molecule has 0 aliphatic rings. The number of methoxy groups -OCH3 is 1. The minimum Gasteiger partial charge on any atom is -0.497 e. The van der Waals surface area contributed by atoms with E-state index < -0.39 is 0 Å². The molecule has 3 aromatic heterocycles. The number of nitrogens with zero attached hydrogens (tertiary/aromatic N) is 6. The number of hydrogen-bond acceptors (Lipinski definition) is 8. The number of pyridine rings is 1. The lowest BCUT2D eigenvalue weighted by atomic mass is 10.1. The van der Waals surface area contributed by atoms with Gasteiger partial charge in [0.15, 0.2) is 11.5 Å². The highest BCUT2D eigenvalue weighted by Crippen LogP contribution is 2.29. The third kappa shape index (κ3) is 4.45. The van der Waals surface area contributed by atoms with Crippen LogP contribution in [0.4, 0.5) is 5.82 Å². The van der Waals surface area contributed by atoms with Crippen LogP contribution in [0.25, 0.3) is 21.9 Å². The molecule has 0 spiro atoms. The zero-order chi connectivity index (χ0) is 24.4. The lowest BCUT2D eigenvalue weighted by Gasteiger charge is -2.16. The number of imidazole rings is 1. The molecule has 2 aromatic carbocycles. The van der Waals surface area contributed by atoms with Gasteiger partial charge in [0.1, 0.15) is 17.6 Å². The van der Waals surface area contributed by atoms with Gasteiger partial charge in [0.05, 0.1) is 48.6 Å². The largest absolute Gasteiger partial charge is 0.497 e. The molecular weight excluding hydrogens is 466 g/mol. The van der Waals surface area contributed by atoms with Gasteiger partial charge in [-0.2, -0.15) is 0 Å². The van der Waals surface area contributed by atoms with Gasteiger partial charge in [-0.15, -0.1) is 0 Å².